The molecule has 4 aromatic rings. The molecule has 25 heteroatoms. The zero-order valence-corrected chi connectivity index (χ0v) is 24.2. The number of nitrogen functional groups attached to an aromatic ring is 2. The van der Waals surface area contributed by atoms with Crippen molar-refractivity contribution in [2.45, 2.75) is 49.1 Å². The molecular weight excluding hydrogens is 653 g/mol. The van der Waals surface area contributed by atoms with E-state index in [0.29, 0.717) is 0 Å². The summed E-state index contributed by atoms with van der Waals surface area (Å²) in [6.45, 7) is -1.54. The summed E-state index contributed by atoms with van der Waals surface area (Å²) in [6.07, 6.45) is -10.0. The Morgan fingerprint density at radius 1 is 1.02 bits per heavy atom. The number of nitrogens with zero attached hydrogens (tertiary/aromatic N) is 7. The van der Waals surface area contributed by atoms with Crippen LogP contribution in [0.1, 0.15) is 12.5 Å². The number of fused-ring (bicyclic) bond motifs is 2. The van der Waals surface area contributed by atoms with Gasteiger partial charge in [0.25, 0.3) is 5.56 Å². The van der Waals surface area contributed by atoms with Crippen LogP contribution in [0.4, 0.5) is 16.2 Å². The Morgan fingerprint density at radius 2 is 1.69 bits per heavy atom. The number of aromatic nitrogens is 8. The lowest BCUT2D eigenvalue weighted by Gasteiger charge is -2.24. The van der Waals surface area contributed by atoms with E-state index in [2.05, 4.69) is 34.4 Å². The van der Waals surface area contributed by atoms with Crippen molar-refractivity contribution in [3.63, 3.8) is 0 Å². The van der Waals surface area contributed by atoms with E-state index in [1.807, 2.05) is 0 Å². The maximum Gasteiger partial charge on any atom is 0.694 e. The summed E-state index contributed by atoms with van der Waals surface area (Å²) >= 11 is 0. The molecule has 242 valence electrons. The minimum absolute atomic E-state index is 0.0241. The zero-order valence-electron chi connectivity index (χ0n) is 22.4. The molecule has 45 heavy (non-hydrogen) atoms. The number of imidazole rings is 2. The van der Waals surface area contributed by atoms with Crippen LogP contribution in [0, 0.1) is 0 Å². The average Bonchev–Trinajstić information content (AvgIpc) is 3.73. The topological polar surface area (TPSA) is 320 Å². The van der Waals surface area contributed by atoms with Crippen molar-refractivity contribution in [3.8, 4) is 0 Å². The Morgan fingerprint density at radius 3 is 2.42 bits per heavy atom. The molecule has 6 unspecified atom stereocenters. The highest BCUT2D eigenvalue weighted by molar-refractivity contribution is 7.47. The normalized spacial score (nSPS) is 30.3. The van der Waals surface area contributed by atoms with E-state index in [9.17, 15) is 29.0 Å². The molecule has 0 aromatic carbocycles. The number of halogens is 1. The molecule has 0 spiro atoms. The van der Waals surface area contributed by atoms with Crippen molar-refractivity contribution >= 4 is 50.2 Å². The molecule has 2 fully saturated rings. The van der Waals surface area contributed by atoms with Gasteiger partial charge in [0.2, 0.25) is 5.95 Å². The fourth-order valence-electron chi connectivity index (χ4n) is 4.93. The van der Waals surface area contributed by atoms with Gasteiger partial charge in [0, 0.05) is 4.57 Å². The molecule has 6 heterocycles. The predicted molar refractivity (Wildman–Crippen MR) is 143 cm³/mol. The summed E-state index contributed by atoms with van der Waals surface area (Å²) in [5, 5.41) is 21.4. The number of anilines is 2. The van der Waals surface area contributed by atoms with Gasteiger partial charge in [-0.15, -0.1) is 9.42 Å². The van der Waals surface area contributed by atoms with E-state index in [1.54, 1.807) is 0 Å². The lowest BCUT2D eigenvalue weighted by Crippen LogP contribution is -2.36. The first-order valence-corrected chi connectivity index (χ1v) is 15.4. The van der Waals surface area contributed by atoms with E-state index in [4.69, 9.17) is 34.9 Å². The molecule has 10 atom stereocenters. The van der Waals surface area contributed by atoms with Crippen molar-refractivity contribution in [1.82, 2.24) is 39.0 Å². The van der Waals surface area contributed by atoms with Crippen LogP contribution >= 0.6 is 16.1 Å². The number of phosphoric acid groups is 1. The zero-order chi connectivity index (χ0) is 32.2. The highest BCUT2D eigenvalue weighted by Crippen LogP contribution is 2.50. The van der Waals surface area contributed by atoms with Crippen molar-refractivity contribution < 1.29 is 56.6 Å². The highest BCUT2D eigenvalue weighted by Gasteiger charge is 2.51. The van der Waals surface area contributed by atoms with Gasteiger partial charge in [-0.2, -0.15) is 4.98 Å². The van der Waals surface area contributed by atoms with E-state index in [-0.39, 0.29) is 34.1 Å². The first-order chi connectivity index (χ1) is 21.3. The summed E-state index contributed by atoms with van der Waals surface area (Å²) in [5.74, 6) is -0.283. The predicted octanol–water partition coefficient (Wildman–Crippen LogP) is -1.85. The van der Waals surface area contributed by atoms with Crippen LogP contribution in [-0.2, 0) is 32.2 Å². The third-order valence-electron chi connectivity index (χ3n) is 7.00. The monoisotopic (exact) mass is 677 g/mol. The number of aliphatic hydroxyl groups is 2. The summed E-state index contributed by atoms with van der Waals surface area (Å²) in [7, 11) is -8.30. The Balaban J connectivity index is 1.20. The number of hydrogen-bond donors (Lipinski definition) is 7. The largest absolute Gasteiger partial charge is 0.694 e. The van der Waals surface area contributed by atoms with Crippen LogP contribution in [0.25, 0.3) is 22.3 Å². The van der Waals surface area contributed by atoms with Gasteiger partial charge in [0.15, 0.2) is 41.3 Å². The molecule has 2 saturated heterocycles. The molecule has 0 bridgehead atoms. The smallest absolute Gasteiger partial charge is 0.387 e. The van der Waals surface area contributed by atoms with Gasteiger partial charge in [0.05, 0.1) is 19.3 Å². The molecule has 9 N–H and O–H groups in total. The molecule has 6 rings (SSSR count). The third kappa shape index (κ3) is 5.91. The maximum atomic E-state index is 15.1. The lowest BCUT2D eigenvalue weighted by molar-refractivity contribution is -0.0591. The number of rotatable bonds is 10. The number of alkyl halides is 1. The fraction of sp³-hybridized carbons (Fsp3) is 0.500. The number of nitrogens with two attached hydrogens (primary N) is 2. The lowest BCUT2D eigenvalue weighted by atomic mass is 10.1. The van der Waals surface area contributed by atoms with Gasteiger partial charge in [-0.05, 0) is 0 Å². The molecule has 0 aliphatic carbocycles. The van der Waals surface area contributed by atoms with Crippen molar-refractivity contribution in [2.24, 2.45) is 0 Å². The summed E-state index contributed by atoms with van der Waals surface area (Å²) in [5.41, 5.74) is 10.6. The molecule has 0 radical (unpaired) electrons. The summed E-state index contributed by atoms with van der Waals surface area (Å²) in [6, 6.07) is 0. The maximum absolute atomic E-state index is 15.1. The molecule has 2 aliphatic heterocycles. The molecule has 0 amide bonds. The van der Waals surface area contributed by atoms with E-state index >= 15 is 4.39 Å². The van der Waals surface area contributed by atoms with Crippen LogP contribution in [0.15, 0.2) is 23.8 Å². The number of phosphoric ester groups is 1. The SMILES string of the molecule is Nc1nc2c(ncn2[C@@H]2O[C@H](CO[P+](=O)O)C(O)C2OP(=O)(O)OC[C@H]2O[C@@H](n3cnc4c(N)ncnc43)C(F)C2O)c(=O)[nH]1. The minimum atomic E-state index is -5.19. The van der Waals surface area contributed by atoms with Crippen molar-refractivity contribution in [2.75, 3.05) is 24.7 Å². The molecular formula is C20H24FN10O12P2+. The third-order valence-corrected chi connectivity index (χ3v) is 8.35. The van der Waals surface area contributed by atoms with Crippen LogP contribution in [0.2, 0.25) is 0 Å². The molecule has 22 nitrogen and oxygen atoms in total. The van der Waals surface area contributed by atoms with Crippen LogP contribution < -0.4 is 17.0 Å². The Hall–Kier alpha value is -3.60. The van der Waals surface area contributed by atoms with Crippen molar-refractivity contribution in [3.05, 3.63) is 29.3 Å². The first-order valence-electron chi connectivity index (χ1n) is 12.8. The second-order valence-corrected chi connectivity index (χ2v) is 11.9. The quantitative estimate of drug-likeness (QED) is 0.0905. The molecule has 2 aliphatic rings. The molecule has 4 aromatic heterocycles. The number of hydrogen-bond acceptors (Lipinski definition) is 17. The number of ether oxygens (including phenoxy) is 2. The standard InChI is InChI=1S/C20H23FN10O12P2/c21-8-11(32)7(41-18(8)30-4-26-9-14(22)24-3-25-15(9)30)2-40-45(37,38)43-13-12(33)6(1-39-44(35)36)42-19(13)31-5-27-10-16(31)28-20(23)29-17(10)34/h3-8,11-13,18-19,32-33H,1-2H2,(H6-,22,23,24,25,28,29,34,35,36,37,38)/p+1/t6-,7-,8?,11?,12?,13?,18-,19-/m1/s1. The van der Waals surface area contributed by atoms with Crippen molar-refractivity contribution in [1.29, 1.82) is 0 Å². The minimum Gasteiger partial charge on any atom is -0.387 e. The van der Waals surface area contributed by atoms with Crippen LogP contribution in [-0.4, -0.2) is 109 Å². The second-order valence-electron chi connectivity index (χ2n) is 9.78. The van der Waals surface area contributed by atoms with E-state index in [0.717, 1.165) is 21.8 Å². The Bertz CT molecular complexity index is 1860. The number of aliphatic hydroxyl groups excluding tert-OH is 2. The number of aromatic amines is 1. The average molecular weight is 677 g/mol. The second kappa shape index (κ2) is 12.0. The first kappa shape index (κ1) is 31.4. The number of H-pyrrole nitrogens is 1. The summed E-state index contributed by atoms with van der Waals surface area (Å²) in [4.78, 5) is 53.8. The van der Waals surface area contributed by atoms with Crippen LogP contribution in [0.3, 0.4) is 0 Å². The van der Waals surface area contributed by atoms with Crippen LogP contribution in [0.5, 0.6) is 0 Å². The summed E-state index contributed by atoms with van der Waals surface area (Å²) < 4.78 is 67.6. The van der Waals surface area contributed by atoms with Gasteiger partial charge in [-0.25, -0.2) is 28.9 Å². The van der Waals surface area contributed by atoms with Gasteiger partial charge in [0.1, 0.15) is 49.0 Å². The van der Waals surface area contributed by atoms with Gasteiger partial charge in [-0.3, -0.25) is 28.0 Å². The van der Waals surface area contributed by atoms with Gasteiger partial charge < -0.3 is 36.0 Å². The Kier molecular flexibility index (Phi) is 8.34. The van der Waals surface area contributed by atoms with Gasteiger partial charge >= 0.3 is 16.1 Å². The fourth-order valence-corrected chi connectivity index (χ4v) is 6.14. The van der Waals surface area contributed by atoms with Gasteiger partial charge in [-0.1, -0.05) is 0 Å². The highest BCUT2D eigenvalue weighted by atomic mass is 31.2. The van der Waals surface area contributed by atoms with E-state index < -0.39 is 84.0 Å². The van der Waals surface area contributed by atoms with E-state index in [1.165, 1.54) is 6.33 Å². The number of nitrogens with one attached hydrogen (secondary N) is 1. The molecule has 0 saturated carbocycles. The Labute approximate surface area is 249 Å².